The largest absolute Gasteiger partial charge is 0.394 e. The Kier molecular flexibility index (Phi) is 3.47. The zero-order valence-corrected chi connectivity index (χ0v) is 10.7. The van der Waals surface area contributed by atoms with Crippen LogP contribution in [0.1, 0.15) is 19.1 Å². The van der Waals surface area contributed by atoms with E-state index in [1.165, 1.54) is 6.20 Å². The van der Waals surface area contributed by atoms with Gasteiger partial charge >= 0.3 is 5.69 Å². The fraction of sp³-hybridized carbons (Fsp3) is 0.667. The second kappa shape index (κ2) is 5.13. The van der Waals surface area contributed by atoms with Gasteiger partial charge in [-0.25, -0.2) is 4.79 Å². The third-order valence-electron chi connectivity index (χ3n) is 3.55. The topological polar surface area (TPSA) is 117 Å². The lowest BCUT2D eigenvalue weighted by Gasteiger charge is -2.17. The van der Waals surface area contributed by atoms with Crippen LogP contribution in [0.3, 0.4) is 0 Å². The minimum atomic E-state index is -1.28. The summed E-state index contributed by atoms with van der Waals surface area (Å²) >= 11 is 0. The Bertz CT molecular complexity index is 544. The highest BCUT2D eigenvalue weighted by Crippen LogP contribution is 2.28. The predicted octanol–water partition coefficient (Wildman–Crippen LogP) is -1.57. The van der Waals surface area contributed by atoms with Gasteiger partial charge in [-0.15, -0.1) is 0 Å². The van der Waals surface area contributed by atoms with Gasteiger partial charge < -0.3 is 25.4 Å². The highest BCUT2D eigenvalue weighted by Gasteiger charge is 2.43. The van der Waals surface area contributed by atoms with E-state index in [9.17, 15) is 15.0 Å². The normalized spacial score (nSPS) is 33.4. The number of hydrogen-bond acceptors (Lipinski definition) is 7. The van der Waals surface area contributed by atoms with E-state index in [4.69, 9.17) is 9.84 Å². The van der Waals surface area contributed by atoms with Gasteiger partial charge in [0.25, 0.3) is 0 Å². The lowest BCUT2D eigenvalue weighted by Crippen LogP contribution is -2.36. The van der Waals surface area contributed by atoms with Crippen LogP contribution in [0.25, 0.3) is 0 Å². The monoisotopic (exact) mass is 283 g/mol. The molecule has 20 heavy (non-hydrogen) atoms. The van der Waals surface area contributed by atoms with E-state index >= 15 is 0 Å². The molecular weight excluding hydrogens is 266 g/mol. The van der Waals surface area contributed by atoms with E-state index in [1.54, 1.807) is 6.07 Å². The molecule has 2 heterocycles. The van der Waals surface area contributed by atoms with Crippen molar-refractivity contribution in [1.29, 1.82) is 0 Å². The molecule has 0 amide bonds. The molecule has 0 spiro atoms. The van der Waals surface area contributed by atoms with E-state index in [0.29, 0.717) is 11.9 Å². The number of aliphatic hydroxyl groups excluding tert-OH is 3. The molecule has 110 valence electrons. The molecular formula is C12H17N3O5. The molecule has 2 aliphatic rings. The lowest BCUT2D eigenvalue weighted by atomic mass is 10.1. The van der Waals surface area contributed by atoms with Crippen LogP contribution in [-0.2, 0) is 4.74 Å². The van der Waals surface area contributed by atoms with E-state index in [1.807, 2.05) is 0 Å². The summed E-state index contributed by atoms with van der Waals surface area (Å²) < 4.78 is 6.40. The predicted molar refractivity (Wildman–Crippen MR) is 68.2 cm³/mol. The second-order valence-corrected chi connectivity index (χ2v) is 5.15. The molecule has 1 saturated carbocycles. The molecule has 0 radical (unpaired) electrons. The summed E-state index contributed by atoms with van der Waals surface area (Å²) in [5.74, 6) is 0.487. The molecule has 1 saturated heterocycles. The molecule has 3 rings (SSSR count). The SMILES string of the molecule is O=c1nc(NC2CC2)ccn1[C@@H]1O[C@@H](CO)[C@@H](O)[C@H]1O. The number of nitrogens with zero attached hydrogens (tertiary/aromatic N) is 2. The molecule has 1 aromatic rings. The van der Waals surface area contributed by atoms with Crippen molar-refractivity contribution in [3.63, 3.8) is 0 Å². The van der Waals surface area contributed by atoms with Crippen molar-refractivity contribution in [3.8, 4) is 0 Å². The molecule has 0 unspecified atom stereocenters. The second-order valence-electron chi connectivity index (χ2n) is 5.15. The van der Waals surface area contributed by atoms with Gasteiger partial charge in [0.2, 0.25) is 0 Å². The van der Waals surface area contributed by atoms with Gasteiger partial charge in [0.05, 0.1) is 6.61 Å². The number of anilines is 1. The molecule has 1 aromatic heterocycles. The Labute approximate surface area is 114 Å². The standard InChI is InChI=1S/C12H17N3O5/c16-5-7-9(17)10(18)11(20-7)15-4-3-8(14-12(15)19)13-6-1-2-6/h3-4,6-7,9-11,16-18H,1-2,5H2,(H,13,14,19)/t7-,9+,10+,11+/m0/s1. The summed E-state index contributed by atoms with van der Waals surface area (Å²) in [7, 11) is 0. The summed E-state index contributed by atoms with van der Waals surface area (Å²) in [5.41, 5.74) is -0.578. The summed E-state index contributed by atoms with van der Waals surface area (Å²) in [6.07, 6.45) is -0.877. The maximum Gasteiger partial charge on any atom is 0.351 e. The van der Waals surface area contributed by atoms with Crippen LogP contribution in [0.4, 0.5) is 5.82 Å². The summed E-state index contributed by atoms with van der Waals surface area (Å²) in [6.45, 7) is -0.432. The number of nitrogens with one attached hydrogen (secondary N) is 1. The van der Waals surface area contributed by atoms with Crippen LogP contribution in [0, 0.1) is 0 Å². The smallest absolute Gasteiger partial charge is 0.351 e. The van der Waals surface area contributed by atoms with Crippen molar-refractivity contribution in [2.24, 2.45) is 0 Å². The minimum absolute atomic E-state index is 0.381. The first kappa shape index (κ1) is 13.5. The van der Waals surface area contributed by atoms with Crippen molar-refractivity contribution in [1.82, 2.24) is 9.55 Å². The highest BCUT2D eigenvalue weighted by atomic mass is 16.6. The molecule has 1 aliphatic heterocycles. The van der Waals surface area contributed by atoms with Crippen LogP contribution in [-0.4, -0.2) is 55.8 Å². The summed E-state index contributed by atoms with van der Waals surface area (Å²) in [6, 6.07) is 2.00. The Hall–Kier alpha value is -1.48. The minimum Gasteiger partial charge on any atom is -0.394 e. The van der Waals surface area contributed by atoms with Crippen molar-refractivity contribution >= 4 is 5.82 Å². The molecule has 0 bridgehead atoms. The molecule has 4 N–H and O–H groups in total. The number of rotatable bonds is 4. The maximum absolute atomic E-state index is 12.0. The molecule has 8 heteroatoms. The Morgan fingerprint density at radius 2 is 2.15 bits per heavy atom. The number of ether oxygens (including phenoxy) is 1. The molecule has 4 atom stereocenters. The molecule has 2 fully saturated rings. The van der Waals surface area contributed by atoms with Crippen molar-refractivity contribution in [2.75, 3.05) is 11.9 Å². The van der Waals surface area contributed by atoms with Gasteiger partial charge in [-0.3, -0.25) is 4.57 Å². The van der Waals surface area contributed by atoms with Crippen molar-refractivity contribution in [2.45, 2.75) is 43.4 Å². The summed E-state index contributed by atoms with van der Waals surface area (Å²) in [5, 5.41) is 31.7. The van der Waals surface area contributed by atoms with E-state index in [0.717, 1.165) is 17.4 Å². The van der Waals surface area contributed by atoms with Crippen LogP contribution in [0.2, 0.25) is 0 Å². The third-order valence-corrected chi connectivity index (χ3v) is 3.55. The van der Waals surface area contributed by atoms with Crippen LogP contribution in [0.15, 0.2) is 17.1 Å². The molecule has 1 aliphatic carbocycles. The van der Waals surface area contributed by atoms with E-state index in [-0.39, 0.29) is 0 Å². The number of aromatic nitrogens is 2. The van der Waals surface area contributed by atoms with Gasteiger partial charge in [-0.05, 0) is 18.9 Å². The Morgan fingerprint density at radius 3 is 2.70 bits per heavy atom. The first-order valence-corrected chi connectivity index (χ1v) is 6.58. The quantitative estimate of drug-likeness (QED) is 0.527. The fourth-order valence-electron chi connectivity index (χ4n) is 2.23. The van der Waals surface area contributed by atoms with Crippen LogP contribution >= 0.6 is 0 Å². The Morgan fingerprint density at radius 1 is 1.40 bits per heavy atom. The summed E-state index contributed by atoms with van der Waals surface area (Å²) in [4.78, 5) is 15.8. The maximum atomic E-state index is 12.0. The molecule has 8 nitrogen and oxygen atoms in total. The van der Waals surface area contributed by atoms with Gasteiger partial charge in [0, 0.05) is 12.2 Å². The van der Waals surface area contributed by atoms with Gasteiger partial charge in [-0.2, -0.15) is 4.98 Å². The van der Waals surface area contributed by atoms with Crippen molar-refractivity contribution < 1.29 is 20.1 Å². The number of hydrogen-bond donors (Lipinski definition) is 4. The average molecular weight is 283 g/mol. The third kappa shape index (κ3) is 2.42. The van der Waals surface area contributed by atoms with Gasteiger partial charge in [-0.1, -0.05) is 0 Å². The van der Waals surface area contributed by atoms with E-state index < -0.39 is 36.8 Å². The first-order valence-electron chi connectivity index (χ1n) is 6.58. The van der Waals surface area contributed by atoms with Gasteiger partial charge in [0.15, 0.2) is 6.23 Å². The van der Waals surface area contributed by atoms with Gasteiger partial charge in [0.1, 0.15) is 24.1 Å². The van der Waals surface area contributed by atoms with Crippen LogP contribution < -0.4 is 11.0 Å². The number of aliphatic hydroxyl groups is 3. The first-order chi connectivity index (χ1) is 9.60. The lowest BCUT2D eigenvalue weighted by molar-refractivity contribution is -0.0549. The zero-order valence-electron chi connectivity index (χ0n) is 10.7. The van der Waals surface area contributed by atoms with E-state index in [2.05, 4.69) is 10.3 Å². The average Bonchev–Trinajstić information content (AvgIpc) is 3.19. The van der Waals surface area contributed by atoms with Crippen LogP contribution in [0.5, 0.6) is 0 Å². The highest BCUT2D eigenvalue weighted by molar-refractivity contribution is 5.35. The molecule has 0 aromatic carbocycles. The Balaban J connectivity index is 1.81. The van der Waals surface area contributed by atoms with Crippen molar-refractivity contribution in [3.05, 3.63) is 22.7 Å². The fourth-order valence-corrected chi connectivity index (χ4v) is 2.23. The zero-order chi connectivity index (χ0) is 14.3.